The Morgan fingerprint density at radius 3 is 2.52 bits per heavy atom. The number of nitrogens with one attached hydrogen (secondary N) is 2. The van der Waals surface area contributed by atoms with E-state index in [1.807, 2.05) is 27.1 Å². The van der Waals surface area contributed by atoms with E-state index in [0.717, 1.165) is 24.6 Å². The lowest BCUT2D eigenvalue weighted by Crippen LogP contribution is -2.39. The van der Waals surface area contributed by atoms with E-state index in [4.69, 9.17) is 0 Å². The van der Waals surface area contributed by atoms with Gasteiger partial charge in [0.05, 0.1) is 12.2 Å². The molecule has 21 heavy (non-hydrogen) atoms. The van der Waals surface area contributed by atoms with Gasteiger partial charge in [-0.05, 0) is 30.5 Å². The lowest BCUT2D eigenvalue weighted by atomic mass is 10.2. The van der Waals surface area contributed by atoms with E-state index in [1.54, 1.807) is 17.0 Å². The maximum absolute atomic E-state index is 13.9. The number of anilines is 1. The summed E-state index contributed by atoms with van der Waals surface area (Å²) in [6, 6.07) is 5.24. The summed E-state index contributed by atoms with van der Waals surface area (Å²) in [6.07, 6.45) is 0. The van der Waals surface area contributed by atoms with Crippen LogP contribution in [0.5, 0.6) is 0 Å². The van der Waals surface area contributed by atoms with E-state index < -0.39 is 0 Å². The van der Waals surface area contributed by atoms with E-state index in [2.05, 4.69) is 29.5 Å². The van der Waals surface area contributed by atoms with Crippen LogP contribution in [-0.4, -0.2) is 33.1 Å². The van der Waals surface area contributed by atoms with Gasteiger partial charge in [-0.25, -0.2) is 9.38 Å². The molecule has 118 valence electrons. The second-order valence-electron chi connectivity index (χ2n) is 5.65. The molecule has 0 amide bonds. The van der Waals surface area contributed by atoms with Crippen LogP contribution in [0.2, 0.25) is 0 Å². The van der Waals surface area contributed by atoms with Gasteiger partial charge >= 0.3 is 0 Å². The van der Waals surface area contributed by atoms with Crippen molar-refractivity contribution >= 4 is 11.6 Å². The molecule has 0 aliphatic heterocycles. The largest absolute Gasteiger partial charge is 0.375 e. The fourth-order valence-corrected chi connectivity index (χ4v) is 1.82. The van der Waals surface area contributed by atoms with Crippen molar-refractivity contribution in [3.8, 4) is 0 Å². The molecular weight excluding hydrogens is 267 g/mol. The van der Waals surface area contributed by atoms with E-state index in [-0.39, 0.29) is 5.82 Å². The Labute approximate surface area is 127 Å². The van der Waals surface area contributed by atoms with E-state index in [1.165, 1.54) is 0 Å². The Morgan fingerprint density at radius 2 is 2.00 bits per heavy atom. The monoisotopic (exact) mass is 294 g/mol. The molecule has 0 heterocycles. The maximum Gasteiger partial charge on any atom is 0.191 e. The minimum atomic E-state index is -0.215. The molecule has 0 bridgehead atoms. The summed E-state index contributed by atoms with van der Waals surface area (Å²) in [7, 11) is 3.66. The molecule has 0 radical (unpaired) electrons. The number of rotatable bonds is 6. The SMILES string of the molecule is CCNC(=NCc1ccc(N(C)C)c(F)c1)NCC(C)C. The van der Waals surface area contributed by atoms with Gasteiger partial charge in [0.1, 0.15) is 5.82 Å². The van der Waals surface area contributed by atoms with Gasteiger partial charge in [-0.3, -0.25) is 0 Å². The Balaban J connectivity index is 2.73. The van der Waals surface area contributed by atoms with Crippen molar-refractivity contribution < 1.29 is 4.39 Å². The first kappa shape index (κ1) is 17.3. The van der Waals surface area contributed by atoms with Crippen LogP contribution in [0.4, 0.5) is 10.1 Å². The molecule has 4 nitrogen and oxygen atoms in total. The standard InChI is InChI=1S/C16H27FN4/c1-6-18-16(19-10-12(2)3)20-11-13-7-8-15(21(4)5)14(17)9-13/h7-9,12H,6,10-11H2,1-5H3,(H2,18,19,20). The zero-order valence-electron chi connectivity index (χ0n) is 13.7. The number of hydrogen-bond acceptors (Lipinski definition) is 2. The van der Waals surface area contributed by atoms with Crippen LogP contribution in [0.1, 0.15) is 26.3 Å². The third kappa shape index (κ3) is 6.02. The zero-order valence-corrected chi connectivity index (χ0v) is 13.7. The molecule has 0 spiro atoms. The number of hydrogen-bond donors (Lipinski definition) is 2. The minimum absolute atomic E-state index is 0.215. The fourth-order valence-electron chi connectivity index (χ4n) is 1.82. The topological polar surface area (TPSA) is 39.7 Å². The van der Waals surface area contributed by atoms with Gasteiger partial charge in [-0.15, -0.1) is 0 Å². The number of benzene rings is 1. The minimum Gasteiger partial charge on any atom is -0.375 e. The molecule has 2 N–H and O–H groups in total. The predicted octanol–water partition coefficient (Wildman–Crippen LogP) is 2.60. The summed E-state index contributed by atoms with van der Waals surface area (Å²) in [5.74, 6) is 1.10. The van der Waals surface area contributed by atoms with Crippen LogP contribution >= 0.6 is 0 Å². The highest BCUT2D eigenvalue weighted by Crippen LogP contribution is 2.18. The van der Waals surface area contributed by atoms with Crippen molar-refractivity contribution in [2.45, 2.75) is 27.3 Å². The first-order valence-electron chi connectivity index (χ1n) is 7.42. The van der Waals surface area contributed by atoms with Crippen LogP contribution in [0.25, 0.3) is 0 Å². The zero-order chi connectivity index (χ0) is 15.8. The summed E-state index contributed by atoms with van der Waals surface area (Å²) in [6.45, 7) is 8.44. The first-order chi connectivity index (χ1) is 9.93. The highest BCUT2D eigenvalue weighted by atomic mass is 19.1. The van der Waals surface area contributed by atoms with Crippen molar-refractivity contribution in [3.63, 3.8) is 0 Å². The number of guanidine groups is 1. The molecule has 0 aliphatic carbocycles. The average molecular weight is 294 g/mol. The van der Waals surface area contributed by atoms with Crippen LogP contribution in [0.3, 0.4) is 0 Å². The number of nitrogens with zero attached hydrogens (tertiary/aromatic N) is 2. The Hall–Kier alpha value is -1.78. The Kier molecular flexibility index (Phi) is 6.99. The quantitative estimate of drug-likeness (QED) is 0.626. The van der Waals surface area contributed by atoms with Crippen molar-refractivity contribution in [1.29, 1.82) is 0 Å². The van der Waals surface area contributed by atoms with Crippen molar-refractivity contribution in [1.82, 2.24) is 10.6 Å². The fraction of sp³-hybridized carbons (Fsp3) is 0.562. The van der Waals surface area contributed by atoms with Crippen LogP contribution in [0.15, 0.2) is 23.2 Å². The molecule has 0 aromatic heterocycles. The molecule has 0 unspecified atom stereocenters. The van der Waals surface area contributed by atoms with Gasteiger partial charge in [-0.1, -0.05) is 19.9 Å². The normalized spacial score (nSPS) is 11.7. The van der Waals surface area contributed by atoms with Crippen LogP contribution < -0.4 is 15.5 Å². The maximum atomic E-state index is 13.9. The molecule has 5 heteroatoms. The molecule has 0 saturated heterocycles. The average Bonchev–Trinajstić information content (AvgIpc) is 2.41. The summed E-state index contributed by atoms with van der Waals surface area (Å²) < 4.78 is 13.9. The highest BCUT2D eigenvalue weighted by Gasteiger charge is 2.05. The van der Waals surface area contributed by atoms with Gasteiger partial charge < -0.3 is 15.5 Å². The van der Waals surface area contributed by atoms with Crippen molar-refractivity contribution in [2.24, 2.45) is 10.9 Å². The molecule has 0 fully saturated rings. The number of aliphatic imine (C=N–C) groups is 1. The molecule has 0 saturated carbocycles. The van der Waals surface area contributed by atoms with Gasteiger partial charge in [0, 0.05) is 27.2 Å². The molecular formula is C16H27FN4. The van der Waals surface area contributed by atoms with Crippen molar-refractivity contribution in [2.75, 3.05) is 32.1 Å². The Bertz CT molecular complexity index is 469. The van der Waals surface area contributed by atoms with E-state index >= 15 is 0 Å². The number of halogens is 1. The van der Waals surface area contributed by atoms with Crippen molar-refractivity contribution in [3.05, 3.63) is 29.6 Å². The summed E-state index contributed by atoms with van der Waals surface area (Å²) in [4.78, 5) is 6.25. The van der Waals surface area contributed by atoms with Gasteiger partial charge in [-0.2, -0.15) is 0 Å². The third-order valence-electron chi connectivity index (χ3n) is 2.94. The Morgan fingerprint density at radius 1 is 1.29 bits per heavy atom. The second-order valence-corrected chi connectivity index (χ2v) is 5.65. The molecule has 1 aromatic carbocycles. The first-order valence-corrected chi connectivity index (χ1v) is 7.42. The summed E-state index contributed by atoms with van der Waals surface area (Å²) in [5.41, 5.74) is 1.45. The van der Waals surface area contributed by atoms with Crippen LogP contribution in [-0.2, 0) is 6.54 Å². The van der Waals surface area contributed by atoms with E-state index in [0.29, 0.717) is 18.2 Å². The lowest BCUT2D eigenvalue weighted by molar-refractivity contribution is 0.614. The highest BCUT2D eigenvalue weighted by molar-refractivity contribution is 5.79. The van der Waals surface area contributed by atoms with Gasteiger partial charge in [0.15, 0.2) is 5.96 Å². The molecule has 0 atom stereocenters. The van der Waals surface area contributed by atoms with Crippen LogP contribution in [0, 0.1) is 11.7 Å². The predicted molar refractivity (Wildman–Crippen MR) is 88.4 cm³/mol. The molecule has 1 aromatic rings. The molecule has 0 aliphatic rings. The second kappa shape index (κ2) is 8.49. The van der Waals surface area contributed by atoms with Gasteiger partial charge in [0.2, 0.25) is 0 Å². The lowest BCUT2D eigenvalue weighted by Gasteiger charge is -2.15. The van der Waals surface area contributed by atoms with Gasteiger partial charge in [0.25, 0.3) is 0 Å². The molecule has 1 rings (SSSR count). The van der Waals surface area contributed by atoms with E-state index in [9.17, 15) is 4.39 Å². The smallest absolute Gasteiger partial charge is 0.191 e. The summed E-state index contributed by atoms with van der Waals surface area (Å²) >= 11 is 0. The third-order valence-corrected chi connectivity index (χ3v) is 2.94. The summed E-state index contributed by atoms with van der Waals surface area (Å²) in [5, 5.41) is 6.46.